The van der Waals surface area contributed by atoms with Gasteiger partial charge < -0.3 is 10.3 Å². The molecular formula is C15H18N4. The van der Waals surface area contributed by atoms with Crippen LogP contribution >= 0.6 is 0 Å². The highest BCUT2D eigenvalue weighted by Gasteiger charge is 2.03. The van der Waals surface area contributed by atoms with Crippen molar-refractivity contribution in [3.8, 4) is 0 Å². The van der Waals surface area contributed by atoms with Crippen molar-refractivity contribution in [3.63, 3.8) is 0 Å². The Bertz CT molecular complexity index is 665. The standard InChI is InChI=1S/C15H18N4/c1-2-19-13(7-8-18-19)11-16-9-12-10-17-15-6-4-3-5-14(12)15/h3-8,10,16-17H,2,9,11H2,1H3. The maximum atomic E-state index is 4.27. The number of aryl methyl sites for hydroxylation is 1. The maximum absolute atomic E-state index is 4.27. The van der Waals surface area contributed by atoms with E-state index in [1.54, 1.807) is 0 Å². The first-order chi connectivity index (χ1) is 9.38. The van der Waals surface area contributed by atoms with Gasteiger partial charge in [-0.1, -0.05) is 18.2 Å². The number of nitrogens with one attached hydrogen (secondary N) is 2. The first kappa shape index (κ1) is 12.0. The maximum Gasteiger partial charge on any atom is 0.0522 e. The second kappa shape index (κ2) is 5.28. The van der Waals surface area contributed by atoms with E-state index in [1.165, 1.54) is 22.2 Å². The van der Waals surface area contributed by atoms with E-state index in [-0.39, 0.29) is 0 Å². The van der Waals surface area contributed by atoms with Crippen molar-refractivity contribution in [1.29, 1.82) is 0 Å². The minimum atomic E-state index is 0.841. The fourth-order valence-electron chi connectivity index (χ4n) is 2.40. The Hall–Kier alpha value is -2.07. The van der Waals surface area contributed by atoms with E-state index < -0.39 is 0 Å². The molecular weight excluding hydrogens is 236 g/mol. The van der Waals surface area contributed by atoms with E-state index >= 15 is 0 Å². The van der Waals surface area contributed by atoms with Gasteiger partial charge in [0, 0.05) is 42.9 Å². The molecule has 0 spiro atoms. The van der Waals surface area contributed by atoms with Crippen LogP contribution in [0.3, 0.4) is 0 Å². The molecule has 0 aliphatic heterocycles. The van der Waals surface area contributed by atoms with Crippen molar-refractivity contribution < 1.29 is 0 Å². The average molecular weight is 254 g/mol. The van der Waals surface area contributed by atoms with Crippen LogP contribution in [0.5, 0.6) is 0 Å². The van der Waals surface area contributed by atoms with Crippen LogP contribution in [0.15, 0.2) is 42.7 Å². The normalized spacial score (nSPS) is 11.2. The summed E-state index contributed by atoms with van der Waals surface area (Å²) in [5.41, 5.74) is 3.72. The zero-order valence-corrected chi connectivity index (χ0v) is 11.1. The molecule has 0 aliphatic rings. The molecule has 0 fully saturated rings. The fraction of sp³-hybridized carbons (Fsp3) is 0.267. The van der Waals surface area contributed by atoms with Gasteiger partial charge in [0.1, 0.15) is 0 Å². The molecule has 19 heavy (non-hydrogen) atoms. The van der Waals surface area contributed by atoms with Crippen molar-refractivity contribution in [2.24, 2.45) is 0 Å². The number of aromatic nitrogens is 3. The Morgan fingerprint density at radius 2 is 2.11 bits per heavy atom. The number of hydrogen-bond acceptors (Lipinski definition) is 2. The van der Waals surface area contributed by atoms with Gasteiger partial charge in [-0.25, -0.2) is 0 Å². The SMILES string of the molecule is CCn1nccc1CNCc1c[nH]c2ccccc12. The lowest BCUT2D eigenvalue weighted by molar-refractivity contribution is 0.582. The summed E-state index contributed by atoms with van der Waals surface area (Å²) in [5, 5.41) is 9.04. The molecule has 0 saturated heterocycles. The second-order valence-corrected chi connectivity index (χ2v) is 4.60. The number of rotatable bonds is 5. The number of aromatic amines is 1. The van der Waals surface area contributed by atoms with Crippen molar-refractivity contribution >= 4 is 10.9 Å². The van der Waals surface area contributed by atoms with Crippen molar-refractivity contribution in [2.75, 3.05) is 0 Å². The van der Waals surface area contributed by atoms with E-state index in [2.05, 4.69) is 58.9 Å². The summed E-state index contributed by atoms with van der Waals surface area (Å²) >= 11 is 0. The molecule has 0 atom stereocenters. The number of H-pyrrole nitrogens is 1. The van der Waals surface area contributed by atoms with Crippen LogP contribution in [0, 0.1) is 0 Å². The first-order valence-corrected chi connectivity index (χ1v) is 6.65. The summed E-state index contributed by atoms with van der Waals surface area (Å²) in [6, 6.07) is 10.4. The smallest absolute Gasteiger partial charge is 0.0522 e. The predicted octanol–water partition coefficient (Wildman–Crippen LogP) is 2.67. The highest BCUT2D eigenvalue weighted by Crippen LogP contribution is 2.17. The molecule has 3 aromatic rings. The third kappa shape index (κ3) is 2.39. The van der Waals surface area contributed by atoms with Crippen LogP contribution in [0.4, 0.5) is 0 Å². The van der Waals surface area contributed by atoms with Crippen molar-refractivity contribution in [2.45, 2.75) is 26.6 Å². The van der Waals surface area contributed by atoms with Crippen LogP contribution in [0.2, 0.25) is 0 Å². The Morgan fingerprint density at radius 1 is 1.21 bits per heavy atom. The Labute approximate surface area is 112 Å². The van der Waals surface area contributed by atoms with Gasteiger partial charge in [-0.05, 0) is 24.6 Å². The van der Waals surface area contributed by atoms with E-state index in [0.29, 0.717) is 0 Å². The van der Waals surface area contributed by atoms with Gasteiger partial charge in [0.25, 0.3) is 0 Å². The van der Waals surface area contributed by atoms with Gasteiger partial charge in [-0.15, -0.1) is 0 Å². The molecule has 2 heterocycles. The van der Waals surface area contributed by atoms with Crippen molar-refractivity contribution in [3.05, 3.63) is 54.0 Å². The third-order valence-corrected chi connectivity index (χ3v) is 3.40. The molecule has 98 valence electrons. The molecule has 0 bridgehead atoms. The lowest BCUT2D eigenvalue weighted by atomic mass is 10.2. The topological polar surface area (TPSA) is 45.6 Å². The molecule has 4 nitrogen and oxygen atoms in total. The highest BCUT2D eigenvalue weighted by molar-refractivity contribution is 5.82. The minimum absolute atomic E-state index is 0.841. The van der Waals surface area contributed by atoms with Gasteiger partial charge >= 0.3 is 0 Å². The van der Waals surface area contributed by atoms with Gasteiger partial charge in [-0.2, -0.15) is 5.10 Å². The summed E-state index contributed by atoms with van der Waals surface area (Å²) in [5.74, 6) is 0. The summed E-state index contributed by atoms with van der Waals surface area (Å²) in [4.78, 5) is 3.30. The fourth-order valence-corrected chi connectivity index (χ4v) is 2.40. The van der Waals surface area contributed by atoms with Gasteiger partial charge in [0.05, 0.1) is 5.69 Å². The second-order valence-electron chi connectivity index (χ2n) is 4.60. The summed E-state index contributed by atoms with van der Waals surface area (Å²) in [6.07, 6.45) is 3.93. The summed E-state index contributed by atoms with van der Waals surface area (Å²) < 4.78 is 2.02. The first-order valence-electron chi connectivity index (χ1n) is 6.65. The number of fused-ring (bicyclic) bond motifs is 1. The van der Waals surface area contributed by atoms with Crippen LogP contribution in [0.1, 0.15) is 18.2 Å². The van der Waals surface area contributed by atoms with Crippen LogP contribution in [-0.4, -0.2) is 14.8 Å². The Morgan fingerprint density at radius 3 is 3.00 bits per heavy atom. The molecule has 2 aromatic heterocycles. The monoisotopic (exact) mass is 254 g/mol. The number of nitrogens with zero attached hydrogens (tertiary/aromatic N) is 2. The van der Waals surface area contributed by atoms with Gasteiger partial charge in [0.15, 0.2) is 0 Å². The summed E-state index contributed by atoms with van der Waals surface area (Å²) in [7, 11) is 0. The van der Waals surface area contributed by atoms with Crippen LogP contribution in [-0.2, 0) is 19.6 Å². The molecule has 1 aromatic carbocycles. The zero-order valence-electron chi connectivity index (χ0n) is 11.1. The lowest BCUT2D eigenvalue weighted by Gasteiger charge is -2.06. The van der Waals surface area contributed by atoms with Gasteiger partial charge in [-0.3, -0.25) is 4.68 Å². The lowest BCUT2D eigenvalue weighted by Crippen LogP contribution is -2.15. The molecule has 0 unspecified atom stereocenters. The number of hydrogen-bond donors (Lipinski definition) is 2. The van der Waals surface area contributed by atoms with Crippen LogP contribution < -0.4 is 5.32 Å². The van der Waals surface area contributed by atoms with E-state index in [9.17, 15) is 0 Å². The number of benzene rings is 1. The largest absolute Gasteiger partial charge is 0.361 e. The molecule has 2 N–H and O–H groups in total. The van der Waals surface area contributed by atoms with Crippen molar-refractivity contribution in [1.82, 2.24) is 20.1 Å². The molecule has 3 rings (SSSR count). The zero-order chi connectivity index (χ0) is 13.1. The molecule has 0 saturated carbocycles. The average Bonchev–Trinajstić information content (AvgIpc) is 3.06. The third-order valence-electron chi connectivity index (χ3n) is 3.40. The quantitative estimate of drug-likeness (QED) is 0.735. The van der Waals surface area contributed by atoms with Gasteiger partial charge in [0.2, 0.25) is 0 Å². The summed E-state index contributed by atoms with van der Waals surface area (Å²) in [6.45, 7) is 4.72. The Balaban J connectivity index is 1.67. The highest BCUT2D eigenvalue weighted by atomic mass is 15.3. The Kier molecular flexibility index (Phi) is 3.33. The van der Waals surface area contributed by atoms with E-state index in [1.807, 2.05) is 10.9 Å². The van der Waals surface area contributed by atoms with E-state index in [4.69, 9.17) is 0 Å². The molecule has 0 amide bonds. The van der Waals surface area contributed by atoms with Crippen LogP contribution in [0.25, 0.3) is 10.9 Å². The molecule has 4 heteroatoms. The molecule has 0 aliphatic carbocycles. The minimum Gasteiger partial charge on any atom is -0.361 e. The van der Waals surface area contributed by atoms with E-state index in [0.717, 1.165) is 19.6 Å². The predicted molar refractivity (Wildman–Crippen MR) is 76.7 cm³/mol. The molecule has 0 radical (unpaired) electrons. The number of para-hydroxylation sites is 1.